The molecule has 0 radical (unpaired) electrons. The molecule has 188 valence electrons. The van der Waals surface area contributed by atoms with Crippen LogP contribution in [0.1, 0.15) is 74.2 Å². The van der Waals surface area contributed by atoms with Gasteiger partial charge < -0.3 is 15.1 Å². The number of nitrogens with zero attached hydrogens (tertiary/aromatic N) is 3. The van der Waals surface area contributed by atoms with E-state index in [0.717, 1.165) is 56.6 Å². The quantitative estimate of drug-likeness (QED) is 0.591. The highest BCUT2D eigenvalue weighted by Crippen LogP contribution is 2.31. The summed E-state index contributed by atoms with van der Waals surface area (Å²) in [5, 5.41) is 3.29. The third-order valence-corrected chi connectivity index (χ3v) is 8.27. The highest BCUT2D eigenvalue weighted by Gasteiger charge is 2.37. The van der Waals surface area contributed by atoms with E-state index in [9.17, 15) is 9.59 Å². The normalized spacial score (nSPS) is 23.7. The largest absolute Gasteiger partial charge is 0.355 e. The van der Waals surface area contributed by atoms with Crippen LogP contribution in [-0.2, 0) is 4.79 Å². The minimum absolute atomic E-state index is 0.0481. The van der Waals surface area contributed by atoms with Gasteiger partial charge >= 0.3 is 0 Å². The van der Waals surface area contributed by atoms with Gasteiger partial charge in [-0.25, -0.2) is 0 Å². The summed E-state index contributed by atoms with van der Waals surface area (Å²) >= 11 is 0. The molecule has 0 unspecified atom stereocenters. The van der Waals surface area contributed by atoms with Gasteiger partial charge in [0.05, 0.1) is 6.04 Å². The van der Waals surface area contributed by atoms with Gasteiger partial charge in [0, 0.05) is 50.9 Å². The van der Waals surface area contributed by atoms with Crippen molar-refractivity contribution in [3.05, 3.63) is 35.4 Å². The van der Waals surface area contributed by atoms with Crippen LogP contribution in [0.3, 0.4) is 0 Å². The lowest BCUT2D eigenvalue weighted by molar-refractivity contribution is -0.129. The van der Waals surface area contributed by atoms with Crippen LogP contribution in [0.15, 0.2) is 24.3 Å². The Balaban J connectivity index is 1.28. The molecule has 34 heavy (non-hydrogen) atoms. The van der Waals surface area contributed by atoms with E-state index in [0.29, 0.717) is 25.0 Å². The van der Waals surface area contributed by atoms with Gasteiger partial charge in [0.25, 0.3) is 5.91 Å². The summed E-state index contributed by atoms with van der Waals surface area (Å²) in [6.07, 6.45) is 9.72. The van der Waals surface area contributed by atoms with Crippen molar-refractivity contribution in [1.82, 2.24) is 20.0 Å². The predicted octanol–water partition coefficient (Wildman–Crippen LogP) is 3.69. The van der Waals surface area contributed by atoms with Gasteiger partial charge in [-0.3, -0.25) is 14.5 Å². The van der Waals surface area contributed by atoms with Gasteiger partial charge in [-0.1, -0.05) is 37.0 Å². The van der Waals surface area contributed by atoms with Gasteiger partial charge in [0.1, 0.15) is 0 Å². The molecule has 0 bridgehead atoms. The molecule has 2 atom stereocenters. The molecule has 2 heterocycles. The van der Waals surface area contributed by atoms with Crippen LogP contribution in [0.2, 0.25) is 0 Å². The minimum atomic E-state index is -0.0481. The summed E-state index contributed by atoms with van der Waals surface area (Å²) in [5.41, 5.74) is 1.92. The number of aryl methyl sites for hydroxylation is 1. The van der Waals surface area contributed by atoms with E-state index in [1.54, 1.807) is 0 Å². The smallest absolute Gasteiger partial charge is 0.253 e. The third-order valence-electron chi connectivity index (χ3n) is 8.27. The van der Waals surface area contributed by atoms with Gasteiger partial charge in [-0.05, 0) is 70.5 Å². The lowest BCUT2D eigenvalue weighted by Crippen LogP contribution is -2.58. The van der Waals surface area contributed by atoms with Crippen LogP contribution in [0.5, 0.6) is 0 Å². The van der Waals surface area contributed by atoms with Crippen LogP contribution in [0, 0.1) is 12.8 Å². The zero-order valence-corrected chi connectivity index (χ0v) is 21.3. The monoisotopic (exact) mass is 468 g/mol. The SMILES string of the molecule is Cc1ccc(C(=O)N2CCN([C@H](C(=O)NCCCN3CCCC[C@@H]3C)C3CCCC3)CC2)cc1. The molecule has 2 amide bonds. The zero-order chi connectivity index (χ0) is 23.9. The second kappa shape index (κ2) is 12.2. The maximum atomic E-state index is 13.4. The average molecular weight is 469 g/mol. The van der Waals surface area contributed by atoms with Crippen molar-refractivity contribution in [3.8, 4) is 0 Å². The van der Waals surface area contributed by atoms with Crippen LogP contribution in [0.25, 0.3) is 0 Å². The number of nitrogens with one attached hydrogen (secondary N) is 1. The number of hydrogen-bond donors (Lipinski definition) is 1. The molecule has 3 fully saturated rings. The molecule has 2 aliphatic heterocycles. The zero-order valence-electron chi connectivity index (χ0n) is 21.3. The Morgan fingerprint density at radius 3 is 2.29 bits per heavy atom. The number of benzene rings is 1. The van der Waals surface area contributed by atoms with E-state index >= 15 is 0 Å². The van der Waals surface area contributed by atoms with Crippen molar-refractivity contribution >= 4 is 11.8 Å². The molecule has 0 aromatic heterocycles. The molecular weight excluding hydrogens is 424 g/mol. The second-order valence-electron chi connectivity index (χ2n) is 10.7. The fourth-order valence-corrected chi connectivity index (χ4v) is 6.12. The minimum Gasteiger partial charge on any atom is -0.355 e. The van der Waals surface area contributed by atoms with Gasteiger partial charge in [-0.15, -0.1) is 0 Å². The highest BCUT2D eigenvalue weighted by atomic mass is 16.2. The Kier molecular flexibility index (Phi) is 9.01. The summed E-state index contributed by atoms with van der Waals surface area (Å²) < 4.78 is 0. The predicted molar refractivity (Wildman–Crippen MR) is 137 cm³/mol. The lowest BCUT2D eigenvalue weighted by Gasteiger charge is -2.41. The summed E-state index contributed by atoms with van der Waals surface area (Å²) in [6.45, 7) is 10.3. The topological polar surface area (TPSA) is 55.9 Å². The molecule has 3 aliphatic rings. The van der Waals surface area contributed by atoms with Crippen molar-refractivity contribution in [1.29, 1.82) is 0 Å². The van der Waals surface area contributed by atoms with Crippen molar-refractivity contribution in [2.24, 2.45) is 5.92 Å². The first-order chi connectivity index (χ1) is 16.5. The number of piperidine rings is 1. The Morgan fingerprint density at radius 1 is 0.941 bits per heavy atom. The Bertz CT molecular complexity index is 797. The lowest BCUT2D eigenvalue weighted by atomic mass is 9.95. The molecule has 1 aromatic carbocycles. The number of hydrogen-bond acceptors (Lipinski definition) is 4. The van der Waals surface area contributed by atoms with Gasteiger partial charge in [0.2, 0.25) is 5.91 Å². The Morgan fingerprint density at radius 2 is 1.62 bits per heavy atom. The van der Waals surface area contributed by atoms with Crippen molar-refractivity contribution in [2.75, 3.05) is 45.8 Å². The standard InChI is InChI=1S/C28H44N4O2/c1-22-11-13-25(14-12-22)28(34)32-20-18-31(19-21-32)26(24-9-3-4-10-24)27(33)29-15-7-17-30-16-6-5-8-23(30)2/h11-14,23-24,26H,3-10,15-21H2,1-2H3,(H,29,33)/t23-,26-/m0/s1. The fraction of sp³-hybridized carbons (Fsp3) is 0.714. The average Bonchev–Trinajstić information content (AvgIpc) is 3.38. The van der Waals surface area contributed by atoms with Gasteiger partial charge in [0.15, 0.2) is 0 Å². The van der Waals surface area contributed by atoms with E-state index in [2.05, 4.69) is 22.0 Å². The van der Waals surface area contributed by atoms with Crippen molar-refractivity contribution < 1.29 is 9.59 Å². The fourth-order valence-electron chi connectivity index (χ4n) is 6.12. The van der Waals surface area contributed by atoms with E-state index < -0.39 is 0 Å². The molecule has 1 saturated carbocycles. The first-order valence-electron chi connectivity index (χ1n) is 13.6. The molecule has 1 aromatic rings. The number of rotatable bonds is 8. The summed E-state index contributed by atoms with van der Waals surface area (Å²) in [4.78, 5) is 33.2. The van der Waals surface area contributed by atoms with Crippen LogP contribution in [0.4, 0.5) is 0 Å². The summed E-state index contributed by atoms with van der Waals surface area (Å²) in [5.74, 6) is 0.756. The van der Waals surface area contributed by atoms with Crippen LogP contribution in [-0.4, -0.2) is 84.4 Å². The van der Waals surface area contributed by atoms with Crippen LogP contribution >= 0.6 is 0 Å². The molecule has 0 spiro atoms. The number of piperazine rings is 1. The maximum absolute atomic E-state index is 13.4. The molecule has 2 saturated heterocycles. The van der Waals surface area contributed by atoms with Crippen molar-refractivity contribution in [3.63, 3.8) is 0 Å². The number of amides is 2. The van der Waals surface area contributed by atoms with E-state index in [1.165, 1.54) is 38.6 Å². The second-order valence-corrected chi connectivity index (χ2v) is 10.7. The molecule has 6 heteroatoms. The number of likely N-dealkylation sites (tertiary alicyclic amines) is 1. The summed E-state index contributed by atoms with van der Waals surface area (Å²) in [6, 6.07) is 8.46. The van der Waals surface area contributed by atoms with Gasteiger partial charge in [-0.2, -0.15) is 0 Å². The van der Waals surface area contributed by atoms with Crippen LogP contribution < -0.4 is 5.32 Å². The number of carbonyl (C=O) groups is 2. The number of carbonyl (C=O) groups excluding carboxylic acids is 2. The van der Waals surface area contributed by atoms with Crippen molar-refractivity contribution in [2.45, 2.75) is 77.3 Å². The molecule has 1 aliphatic carbocycles. The summed E-state index contributed by atoms with van der Waals surface area (Å²) in [7, 11) is 0. The third kappa shape index (κ3) is 6.39. The maximum Gasteiger partial charge on any atom is 0.253 e. The molecule has 1 N–H and O–H groups in total. The van der Waals surface area contributed by atoms with E-state index in [4.69, 9.17) is 0 Å². The molecular formula is C28H44N4O2. The Labute approximate surface area is 206 Å². The highest BCUT2D eigenvalue weighted by molar-refractivity contribution is 5.94. The Hall–Kier alpha value is -1.92. The van der Waals surface area contributed by atoms with E-state index in [-0.39, 0.29) is 17.9 Å². The first-order valence-corrected chi connectivity index (χ1v) is 13.6. The molecule has 6 nitrogen and oxygen atoms in total. The molecule has 4 rings (SSSR count). The van der Waals surface area contributed by atoms with E-state index in [1.807, 2.05) is 36.1 Å². The first kappa shape index (κ1) is 25.2.